The van der Waals surface area contributed by atoms with E-state index < -0.39 is 6.43 Å². The fraction of sp³-hybridized carbons (Fsp3) is 0.450. The summed E-state index contributed by atoms with van der Waals surface area (Å²) < 4.78 is 25.0. The van der Waals surface area contributed by atoms with Crippen LogP contribution in [0.4, 0.5) is 8.78 Å². The lowest BCUT2D eigenvalue weighted by molar-refractivity contribution is -0.123. The van der Waals surface area contributed by atoms with Gasteiger partial charge >= 0.3 is 0 Å². The largest absolute Gasteiger partial charge is 0.299 e. The van der Waals surface area contributed by atoms with Gasteiger partial charge in [-0.1, -0.05) is 11.3 Å². The highest BCUT2D eigenvalue weighted by atomic mass is 32.1. The van der Waals surface area contributed by atoms with Crippen molar-refractivity contribution in [1.29, 1.82) is 0 Å². The van der Waals surface area contributed by atoms with Crippen LogP contribution in [0.3, 0.4) is 0 Å². The lowest BCUT2D eigenvalue weighted by Gasteiger charge is -2.30. The molecule has 152 valence electrons. The van der Waals surface area contributed by atoms with Gasteiger partial charge in [0.1, 0.15) is 15.8 Å². The molecule has 1 aliphatic rings. The van der Waals surface area contributed by atoms with E-state index in [0.29, 0.717) is 31.6 Å². The third-order valence-electron chi connectivity index (χ3n) is 5.20. The molecule has 0 unspecified atom stereocenters. The van der Waals surface area contributed by atoms with E-state index in [-0.39, 0.29) is 24.7 Å². The Bertz CT molecular complexity index is 1020. The molecule has 4 rings (SSSR count). The van der Waals surface area contributed by atoms with Gasteiger partial charge in [-0.05, 0) is 57.1 Å². The summed E-state index contributed by atoms with van der Waals surface area (Å²) in [4.78, 5) is 14.4. The third-order valence-corrected chi connectivity index (χ3v) is 6.09. The number of rotatable bonds is 6. The summed E-state index contributed by atoms with van der Waals surface area (Å²) >= 11 is 1.52. The van der Waals surface area contributed by atoms with E-state index in [9.17, 15) is 13.6 Å². The van der Waals surface area contributed by atoms with Crippen molar-refractivity contribution in [2.24, 2.45) is 5.92 Å². The van der Waals surface area contributed by atoms with Crippen LogP contribution in [0.5, 0.6) is 0 Å². The SMILES string of the molecule is Cc1nnc(-c2ccc3nnc(CC(=O)C4CCN(CC(F)F)CC4)cc3c2)s1. The molecule has 0 saturated carbocycles. The van der Waals surface area contributed by atoms with Crippen LogP contribution >= 0.6 is 11.3 Å². The Balaban J connectivity index is 1.44. The molecule has 3 aromatic rings. The Morgan fingerprint density at radius 1 is 1.17 bits per heavy atom. The second-order valence-corrected chi connectivity index (χ2v) is 8.53. The monoisotopic (exact) mass is 417 g/mol. The average Bonchev–Trinajstić information content (AvgIpc) is 3.14. The zero-order valence-corrected chi connectivity index (χ0v) is 16.8. The minimum atomic E-state index is -2.33. The van der Waals surface area contributed by atoms with Gasteiger partial charge in [-0.2, -0.15) is 10.2 Å². The summed E-state index contributed by atoms with van der Waals surface area (Å²) in [5.41, 5.74) is 2.34. The molecule has 0 spiro atoms. The Kier molecular flexibility index (Phi) is 5.86. The predicted octanol–water partition coefficient (Wildman–Crippen LogP) is 3.55. The number of hydrogen-bond acceptors (Lipinski definition) is 7. The minimum Gasteiger partial charge on any atom is -0.299 e. The van der Waals surface area contributed by atoms with Gasteiger partial charge in [0.15, 0.2) is 0 Å². The fourth-order valence-electron chi connectivity index (χ4n) is 3.68. The maximum absolute atomic E-state index is 12.7. The maximum Gasteiger partial charge on any atom is 0.251 e. The van der Waals surface area contributed by atoms with Crippen molar-refractivity contribution in [1.82, 2.24) is 25.3 Å². The van der Waals surface area contributed by atoms with Gasteiger partial charge in [-0.25, -0.2) is 8.78 Å². The van der Waals surface area contributed by atoms with Crippen molar-refractivity contribution in [2.75, 3.05) is 19.6 Å². The van der Waals surface area contributed by atoms with E-state index >= 15 is 0 Å². The number of likely N-dealkylation sites (tertiary alicyclic amines) is 1. The Morgan fingerprint density at radius 2 is 1.97 bits per heavy atom. The van der Waals surface area contributed by atoms with E-state index in [0.717, 1.165) is 26.5 Å². The van der Waals surface area contributed by atoms with Crippen molar-refractivity contribution in [3.63, 3.8) is 0 Å². The molecule has 3 heterocycles. The Labute approximate surface area is 171 Å². The number of Topliss-reactive ketones (excluding diaryl/α,β-unsaturated/α-hetero) is 1. The number of aryl methyl sites for hydroxylation is 1. The van der Waals surface area contributed by atoms with Crippen LogP contribution in [0, 0.1) is 12.8 Å². The summed E-state index contributed by atoms with van der Waals surface area (Å²) in [6.07, 6.45) is -0.880. The summed E-state index contributed by atoms with van der Waals surface area (Å²) in [6.45, 7) is 2.77. The van der Waals surface area contributed by atoms with Crippen LogP contribution in [0.25, 0.3) is 21.5 Å². The molecule has 0 atom stereocenters. The molecule has 0 bridgehead atoms. The highest BCUT2D eigenvalue weighted by Crippen LogP contribution is 2.27. The number of ketones is 1. The fourth-order valence-corrected chi connectivity index (χ4v) is 4.36. The number of carbonyl (C=O) groups is 1. The molecular weight excluding hydrogens is 396 g/mol. The van der Waals surface area contributed by atoms with Crippen LogP contribution in [0.15, 0.2) is 24.3 Å². The summed E-state index contributed by atoms with van der Waals surface area (Å²) in [5, 5.41) is 19.3. The maximum atomic E-state index is 12.7. The first-order valence-corrected chi connectivity index (χ1v) is 10.4. The first-order chi connectivity index (χ1) is 14.0. The van der Waals surface area contributed by atoms with Crippen molar-refractivity contribution in [3.8, 4) is 10.6 Å². The van der Waals surface area contributed by atoms with E-state index in [1.807, 2.05) is 31.2 Å². The van der Waals surface area contributed by atoms with Crippen LogP contribution in [-0.2, 0) is 11.2 Å². The number of benzene rings is 1. The topological polar surface area (TPSA) is 71.9 Å². The first-order valence-electron chi connectivity index (χ1n) is 9.58. The molecule has 0 amide bonds. The van der Waals surface area contributed by atoms with Crippen LogP contribution in [0.2, 0.25) is 0 Å². The van der Waals surface area contributed by atoms with Gasteiger partial charge in [0.05, 0.1) is 24.2 Å². The molecule has 6 nitrogen and oxygen atoms in total. The molecule has 2 aromatic heterocycles. The zero-order valence-electron chi connectivity index (χ0n) is 16.0. The average molecular weight is 417 g/mol. The van der Waals surface area contributed by atoms with Crippen molar-refractivity contribution in [3.05, 3.63) is 35.0 Å². The van der Waals surface area contributed by atoms with E-state index in [1.54, 1.807) is 4.90 Å². The summed E-state index contributed by atoms with van der Waals surface area (Å²) in [5.74, 6) is 0.00312. The number of halogens is 2. The number of aromatic nitrogens is 4. The predicted molar refractivity (Wildman–Crippen MR) is 107 cm³/mol. The van der Waals surface area contributed by atoms with Crippen molar-refractivity contribution in [2.45, 2.75) is 32.6 Å². The van der Waals surface area contributed by atoms with Gasteiger partial charge in [0.25, 0.3) is 6.43 Å². The number of carbonyl (C=O) groups excluding carboxylic acids is 1. The normalized spacial score (nSPS) is 16.0. The smallest absolute Gasteiger partial charge is 0.251 e. The Morgan fingerprint density at radius 3 is 2.66 bits per heavy atom. The zero-order chi connectivity index (χ0) is 20.4. The number of alkyl halides is 2. The highest BCUT2D eigenvalue weighted by molar-refractivity contribution is 7.14. The number of piperidine rings is 1. The molecule has 0 radical (unpaired) electrons. The van der Waals surface area contributed by atoms with Crippen LogP contribution < -0.4 is 0 Å². The highest BCUT2D eigenvalue weighted by Gasteiger charge is 2.26. The van der Waals surface area contributed by atoms with E-state index in [4.69, 9.17) is 0 Å². The number of hydrogen-bond donors (Lipinski definition) is 0. The summed E-state index contributed by atoms with van der Waals surface area (Å²) in [6, 6.07) is 7.71. The molecule has 9 heteroatoms. The van der Waals surface area contributed by atoms with Gasteiger partial charge in [0.2, 0.25) is 0 Å². The molecule has 1 saturated heterocycles. The molecule has 0 aliphatic carbocycles. The van der Waals surface area contributed by atoms with Crippen molar-refractivity contribution < 1.29 is 13.6 Å². The molecule has 1 aliphatic heterocycles. The van der Waals surface area contributed by atoms with E-state index in [1.165, 1.54) is 11.3 Å². The van der Waals surface area contributed by atoms with Crippen LogP contribution in [-0.4, -0.2) is 57.1 Å². The van der Waals surface area contributed by atoms with Gasteiger partial charge in [-0.15, -0.1) is 10.2 Å². The van der Waals surface area contributed by atoms with Crippen molar-refractivity contribution >= 4 is 28.0 Å². The molecule has 0 N–H and O–H groups in total. The lowest BCUT2D eigenvalue weighted by Crippen LogP contribution is -2.39. The van der Waals surface area contributed by atoms with Crippen LogP contribution in [0.1, 0.15) is 23.5 Å². The van der Waals surface area contributed by atoms with Gasteiger partial charge in [-0.3, -0.25) is 9.69 Å². The molecule has 1 aromatic carbocycles. The lowest BCUT2D eigenvalue weighted by atomic mass is 9.90. The van der Waals surface area contributed by atoms with Gasteiger partial charge in [0, 0.05) is 16.9 Å². The quantitative estimate of drug-likeness (QED) is 0.611. The molecule has 29 heavy (non-hydrogen) atoms. The third kappa shape index (κ3) is 4.79. The molecular formula is C20H21F2N5OS. The minimum absolute atomic E-state index is 0.0999. The second kappa shape index (κ2) is 8.54. The molecule has 1 fully saturated rings. The summed E-state index contributed by atoms with van der Waals surface area (Å²) in [7, 11) is 0. The van der Waals surface area contributed by atoms with Gasteiger partial charge < -0.3 is 0 Å². The number of fused-ring (bicyclic) bond motifs is 1. The van der Waals surface area contributed by atoms with E-state index in [2.05, 4.69) is 20.4 Å². The Hall–Kier alpha value is -2.39. The standard InChI is InChI=1S/C20H21F2N5OS/c1-12-23-26-20(29-12)14-2-3-17-15(8-14)9-16(24-25-17)10-18(28)13-4-6-27(7-5-13)11-19(21)22/h2-3,8-9,13,19H,4-7,10-11H2,1H3. The first kappa shape index (κ1) is 19.9. The number of nitrogens with zero attached hydrogens (tertiary/aromatic N) is 5. The second-order valence-electron chi connectivity index (χ2n) is 7.34.